The molecule has 0 atom stereocenters. The highest BCUT2D eigenvalue weighted by molar-refractivity contribution is 7.85. The Kier molecular flexibility index (Phi) is 13.9. The Morgan fingerprint density at radius 2 is 1.32 bits per heavy atom. The van der Waals surface area contributed by atoms with Crippen LogP contribution in [0, 0.1) is 0 Å². The highest BCUT2D eigenvalue weighted by Crippen LogP contribution is 2.16. The van der Waals surface area contributed by atoms with Gasteiger partial charge in [-0.25, -0.2) is 0 Å². The van der Waals surface area contributed by atoms with Gasteiger partial charge in [-0.05, 0) is 85.6 Å². The molecular weight excluding hydrogens is 372 g/mol. The number of hydrogen-bond acceptors (Lipinski definition) is 4. The first kappa shape index (κ1) is 26.7. The zero-order valence-electron chi connectivity index (χ0n) is 18.9. The maximum Gasteiger partial charge on any atom is 0.264 e. The van der Waals surface area contributed by atoms with Crippen LogP contribution in [0.25, 0.3) is 0 Å². The fraction of sp³-hybridized carbons (Fsp3) is 0.652. The minimum Gasteiger partial charge on any atom is -0.496 e. The summed E-state index contributed by atoms with van der Waals surface area (Å²) in [5, 5.41) is 0. The molecule has 5 heteroatoms. The van der Waals surface area contributed by atoms with E-state index in [1.165, 1.54) is 16.7 Å². The summed E-state index contributed by atoms with van der Waals surface area (Å²) >= 11 is 0. The third-order valence-electron chi connectivity index (χ3n) is 4.33. The molecule has 0 saturated carbocycles. The molecule has 0 aliphatic heterocycles. The lowest BCUT2D eigenvalue weighted by atomic mass is 10.0. The van der Waals surface area contributed by atoms with Gasteiger partial charge in [0.1, 0.15) is 12.4 Å². The molecule has 0 fully saturated rings. The third kappa shape index (κ3) is 15.7. The molecule has 0 rings (SSSR count). The van der Waals surface area contributed by atoms with Crippen LogP contribution in [0.4, 0.5) is 0 Å². The summed E-state index contributed by atoms with van der Waals surface area (Å²) in [6.45, 7) is 13.0. The molecule has 0 heterocycles. The van der Waals surface area contributed by atoms with Crippen LogP contribution in [0.5, 0.6) is 0 Å². The van der Waals surface area contributed by atoms with Crippen LogP contribution in [0.15, 0.2) is 46.3 Å². The van der Waals surface area contributed by atoms with Gasteiger partial charge in [0.05, 0.1) is 12.9 Å². The molecule has 0 aliphatic carbocycles. The van der Waals surface area contributed by atoms with Crippen molar-refractivity contribution in [3.8, 4) is 0 Å². The Morgan fingerprint density at radius 3 is 1.79 bits per heavy atom. The fourth-order valence-electron chi connectivity index (χ4n) is 2.64. The van der Waals surface area contributed by atoms with Crippen LogP contribution in [0.3, 0.4) is 0 Å². The topological polar surface area (TPSA) is 52.6 Å². The summed E-state index contributed by atoms with van der Waals surface area (Å²) in [6, 6.07) is 0. The van der Waals surface area contributed by atoms with Crippen LogP contribution in [0.2, 0.25) is 0 Å². The van der Waals surface area contributed by atoms with Crippen molar-refractivity contribution < 1.29 is 17.3 Å². The fourth-order valence-corrected chi connectivity index (χ4v) is 2.96. The van der Waals surface area contributed by atoms with E-state index in [0.29, 0.717) is 12.4 Å². The number of ether oxygens (including phenoxy) is 1. The molecule has 0 saturated heterocycles. The van der Waals surface area contributed by atoms with Crippen LogP contribution < -0.4 is 0 Å². The van der Waals surface area contributed by atoms with Crippen molar-refractivity contribution in [2.75, 3.05) is 19.5 Å². The molecule has 4 nitrogen and oxygen atoms in total. The van der Waals surface area contributed by atoms with Crippen molar-refractivity contribution in [1.29, 1.82) is 0 Å². The van der Waals surface area contributed by atoms with Crippen molar-refractivity contribution >= 4 is 10.1 Å². The molecule has 162 valence electrons. The van der Waals surface area contributed by atoms with E-state index in [1.54, 1.807) is 0 Å². The van der Waals surface area contributed by atoms with Crippen LogP contribution in [-0.2, 0) is 19.0 Å². The summed E-state index contributed by atoms with van der Waals surface area (Å²) in [5.74, 6) is 0.619. The maximum absolute atomic E-state index is 11.2. The summed E-state index contributed by atoms with van der Waals surface area (Å²) in [7, 11) is -3.47. The molecule has 0 aromatic carbocycles. The highest BCUT2D eigenvalue weighted by atomic mass is 32.2. The summed E-state index contributed by atoms with van der Waals surface area (Å²) in [4.78, 5) is 0. The lowest BCUT2D eigenvalue weighted by molar-refractivity contribution is 0.179. The molecule has 0 aromatic rings. The zero-order valence-corrected chi connectivity index (χ0v) is 19.7. The van der Waals surface area contributed by atoms with Gasteiger partial charge in [-0.15, -0.1) is 0 Å². The quantitative estimate of drug-likeness (QED) is 0.186. The predicted molar refractivity (Wildman–Crippen MR) is 120 cm³/mol. The first-order chi connectivity index (χ1) is 13.0. The van der Waals surface area contributed by atoms with Crippen molar-refractivity contribution in [2.24, 2.45) is 0 Å². The second kappa shape index (κ2) is 14.6. The molecule has 0 unspecified atom stereocenters. The molecule has 0 aliphatic rings. The zero-order chi connectivity index (χ0) is 21.6. The molecule has 0 N–H and O–H groups in total. The Labute approximate surface area is 173 Å². The largest absolute Gasteiger partial charge is 0.496 e. The van der Waals surface area contributed by atoms with E-state index in [0.717, 1.165) is 50.4 Å². The van der Waals surface area contributed by atoms with Crippen molar-refractivity contribution in [3.05, 3.63) is 46.3 Å². The summed E-state index contributed by atoms with van der Waals surface area (Å²) in [5.41, 5.74) is 5.25. The van der Waals surface area contributed by atoms with Gasteiger partial charge in [0.15, 0.2) is 0 Å². The Morgan fingerprint density at radius 1 is 0.821 bits per heavy atom. The first-order valence-corrected chi connectivity index (χ1v) is 12.0. The molecule has 0 bridgehead atoms. The normalized spacial score (nSPS) is 14.0. The van der Waals surface area contributed by atoms with Crippen molar-refractivity contribution in [1.82, 2.24) is 0 Å². The van der Waals surface area contributed by atoms with E-state index in [1.807, 2.05) is 13.8 Å². The van der Waals surface area contributed by atoms with E-state index < -0.39 is 10.1 Å². The van der Waals surface area contributed by atoms with Gasteiger partial charge in [-0.1, -0.05) is 34.9 Å². The van der Waals surface area contributed by atoms with E-state index in [9.17, 15) is 8.42 Å². The van der Waals surface area contributed by atoms with Gasteiger partial charge >= 0.3 is 0 Å². The second-order valence-corrected chi connectivity index (χ2v) is 9.25. The SMILES string of the molecule is CCO/C(COS(C)(=O)=O)=C(/C)CC/C=C(\C)CC/C=C(\C)CCC=C(C)C. The molecule has 0 spiro atoms. The van der Waals surface area contributed by atoms with Crippen molar-refractivity contribution in [2.45, 2.75) is 80.1 Å². The maximum atomic E-state index is 11.2. The van der Waals surface area contributed by atoms with E-state index in [-0.39, 0.29) is 6.61 Å². The van der Waals surface area contributed by atoms with Gasteiger partial charge in [-0.2, -0.15) is 8.42 Å². The minimum atomic E-state index is -3.47. The molecule has 28 heavy (non-hydrogen) atoms. The number of rotatable bonds is 14. The summed E-state index contributed by atoms with van der Waals surface area (Å²) < 4.78 is 32.8. The lowest BCUT2D eigenvalue weighted by Gasteiger charge is -2.12. The highest BCUT2D eigenvalue weighted by Gasteiger charge is 2.09. The van der Waals surface area contributed by atoms with Crippen LogP contribution in [-0.4, -0.2) is 27.9 Å². The predicted octanol–water partition coefficient (Wildman–Crippen LogP) is 6.47. The van der Waals surface area contributed by atoms with E-state index >= 15 is 0 Å². The summed E-state index contributed by atoms with van der Waals surface area (Å²) in [6.07, 6.45) is 14.1. The molecule has 0 amide bonds. The first-order valence-electron chi connectivity index (χ1n) is 10.2. The monoisotopic (exact) mass is 412 g/mol. The van der Waals surface area contributed by atoms with E-state index in [4.69, 9.17) is 8.92 Å². The standard InChI is InChI=1S/C23H40O4S/c1-8-26-23(18-27-28(7,24)25)22(6)17-11-16-21(5)15-10-14-20(4)13-9-12-19(2)3/h12,14,16H,8-11,13,15,17-18H2,1-7H3/b20-14+,21-16+,23-22-. The molecular formula is C23H40O4S. The van der Waals surface area contributed by atoms with E-state index in [2.05, 4.69) is 45.9 Å². The van der Waals surface area contributed by atoms with Crippen LogP contribution in [0.1, 0.15) is 80.1 Å². The Bertz CT molecular complexity index is 675. The Balaban J connectivity index is 4.47. The van der Waals surface area contributed by atoms with Gasteiger partial charge in [0, 0.05) is 0 Å². The van der Waals surface area contributed by atoms with Crippen molar-refractivity contribution in [3.63, 3.8) is 0 Å². The average Bonchev–Trinajstić information content (AvgIpc) is 2.57. The Hall–Kier alpha value is -1.33. The second-order valence-electron chi connectivity index (χ2n) is 7.60. The average molecular weight is 413 g/mol. The lowest BCUT2D eigenvalue weighted by Crippen LogP contribution is -2.10. The van der Waals surface area contributed by atoms with Gasteiger partial charge in [0.25, 0.3) is 10.1 Å². The van der Waals surface area contributed by atoms with Gasteiger partial charge in [-0.3, -0.25) is 4.18 Å². The smallest absolute Gasteiger partial charge is 0.264 e. The van der Waals surface area contributed by atoms with Gasteiger partial charge < -0.3 is 4.74 Å². The van der Waals surface area contributed by atoms with Crippen LogP contribution >= 0.6 is 0 Å². The third-order valence-corrected chi connectivity index (χ3v) is 4.88. The van der Waals surface area contributed by atoms with Gasteiger partial charge in [0.2, 0.25) is 0 Å². The number of allylic oxidation sites excluding steroid dienone is 7. The molecule has 0 aromatic heterocycles. The molecule has 0 radical (unpaired) electrons. The number of hydrogen-bond donors (Lipinski definition) is 0. The minimum absolute atomic E-state index is 0.0297.